The molecular formula is C11H15F3N4O2. The second-order valence-electron chi connectivity index (χ2n) is 4.80. The molecule has 1 amide bonds. The van der Waals surface area contributed by atoms with Crippen LogP contribution in [0.1, 0.15) is 25.1 Å². The normalized spacial score (nSPS) is 16.0. The molecule has 20 heavy (non-hydrogen) atoms. The molecule has 0 atom stereocenters. The maximum atomic E-state index is 12.5. The Morgan fingerprint density at radius 2 is 2.10 bits per heavy atom. The van der Waals surface area contributed by atoms with Crippen LogP contribution in [0.3, 0.4) is 0 Å². The minimum absolute atomic E-state index is 0.00110. The topological polar surface area (TPSA) is 68.9 Å². The van der Waals surface area contributed by atoms with Gasteiger partial charge in [0, 0.05) is 19.5 Å². The zero-order chi connectivity index (χ0) is 14.9. The summed E-state index contributed by atoms with van der Waals surface area (Å²) in [6, 6.07) is 0. The van der Waals surface area contributed by atoms with Crippen molar-refractivity contribution in [1.29, 1.82) is 0 Å². The van der Waals surface area contributed by atoms with Crippen molar-refractivity contribution in [2.24, 2.45) is 13.0 Å². The van der Waals surface area contributed by atoms with E-state index >= 15 is 0 Å². The van der Waals surface area contributed by atoms with Gasteiger partial charge in [-0.15, -0.1) is 5.10 Å². The molecule has 1 N–H and O–H groups in total. The van der Waals surface area contributed by atoms with Gasteiger partial charge in [0.1, 0.15) is 0 Å². The Bertz CT molecular complexity index is 557. The highest BCUT2D eigenvalue weighted by Crippen LogP contribution is 2.26. The van der Waals surface area contributed by atoms with Gasteiger partial charge >= 0.3 is 11.9 Å². The van der Waals surface area contributed by atoms with Gasteiger partial charge in [-0.1, -0.05) is 6.42 Å². The lowest BCUT2D eigenvalue weighted by molar-refractivity contribution is -0.147. The molecule has 0 spiro atoms. The molecule has 2 rings (SSSR count). The number of rotatable bonds is 4. The molecule has 0 bridgehead atoms. The fourth-order valence-corrected chi connectivity index (χ4v) is 1.98. The van der Waals surface area contributed by atoms with Gasteiger partial charge in [0.05, 0.1) is 6.54 Å². The Morgan fingerprint density at radius 1 is 1.45 bits per heavy atom. The van der Waals surface area contributed by atoms with Crippen LogP contribution in [-0.4, -0.2) is 26.8 Å². The van der Waals surface area contributed by atoms with Gasteiger partial charge in [-0.25, -0.2) is 9.48 Å². The number of nitrogens with zero attached hydrogens (tertiary/aromatic N) is 3. The Kier molecular flexibility index (Phi) is 3.87. The van der Waals surface area contributed by atoms with Crippen LogP contribution in [0.4, 0.5) is 13.2 Å². The highest BCUT2D eigenvalue weighted by Gasteiger charge is 2.37. The summed E-state index contributed by atoms with van der Waals surface area (Å²) in [6.07, 6.45) is -1.97. The molecule has 1 saturated carbocycles. The molecule has 0 aliphatic heterocycles. The molecule has 112 valence electrons. The van der Waals surface area contributed by atoms with Crippen LogP contribution >= 0.6 is 0 Å². The fraction of sp³-hybridized carbons (Fsp3) is 0.727. The van der Waals surface area contributed by atoms with E-state index in [1.165, 1.54) is 0 Å². The molecular weight excluding hydrogens is 277 g/mol. The molecule has 0 saturated heterocycles. The van der Waals surface area contributed by atoms with Crippen molar-refractivity contribution in [1.82, 2.24) is 19.7 Å². The third-order valence-corrected chi connectivity index (χ3v) is 3.39. The standard InChI is InChI=1S/C11H15F3N4O2/c1-17-9(11(12,13)14)16-18(10(17)20)6-5-15-8(19)7-3-2-4-7/h7H,2-6H2,1H3,(H,15,19). The zero-order valence-electron chi connectivity index (χ0n) is 10.9. The molecule has 6 nitrogen and oxygen atoms in total. The van der Waals surface area contributed by atoms with Crippen LogP contribution in [0.15, 0.2) is 4.79 Å². The van der Waals surface area contributed by atoms with Crippen LogP contribution < -0.4 is 11.0 Å². The van der Waals surface area contributed by atoms with E-state index in [0.717, 1.165) is 26.3 Å². The Labute approximate surface area is 112 Å². The van der Waals surface area contributed by atoms with Crippen molar-refractivity contribution in [3.05, 3.63) is 16.3 Å². The van der Waals surface area contributed by atoms with Gasteiger partial charge in [0.2, 0.25) is 11.7 Å². The second-order valence-corrected chi connectivity index (χ2v) is 4.80. The number of nitrogens with one attached hydrogen (secondary N) is 1. The van der Waals surface area contributed by atoms with Crippen molar-refractivity contribution in [2.75, 3.05) is 6.54 Å². The lowest BCUT2D eigenvalue weighted by atomic mass is 9.85. The Hall–Kier alpha value is -1.80. The second kappa shape index (κ2) is 5.29. The summed E-state index contributed by atoms with van der Waals surface area (Å²) in [6.45, 7) is 0.00473. The number of aromatic nitrogens is 3. The first-order chi connectivity index (χ1) is 9.30. The molecule has 0 aromatic carbocycles. The van der Waals surface area contributed by atoms with Crippen LogP contribution in [0.25, 0.3) is 0 Å². The van der Waals surface area contributed by atoms with E-state index in [4.69, 9.17) is 0 Å². The van der Waals surface area contributed by atoms with Crippen LogP contribution in [0.2, 0.25) is 0 Å². The van der Waals surface area contributed by atoms with Crippen molar-refractivity contribution in [3.63, 3.8) is 0 Å². The van der Waals surface area contributed by atoms with E-state index in [1.807, 2.05) is 0 Å². The van der Waals surface area contributed by atoms with Gasteiger partial charge in [-0.05, 0) is 12.8 Å². The highest BCUT2D eigenvalue weighted by molar-refractivity contribution is 5.79. The summed E-state index contributed by atoms with van der Waals surface area (Å²) < 4.78 is 38.8. The van der Waals surface area contributed by atoms with Crippen molar-refractivity contribution in [3.8, 4) is 0 Å². The fourth-order valence-electron chi connectivity index (χ4n) is 1.98. The Balaban J connectivity index is 1.96. The summed E-state index contributed by atoms with van der Waals surface area (Å²) in [5.74, 6) is -1.36. The Morgan fingerprint density at radius 3 is 2.55 bits per heavy atom. The summed E-state index contributed by atoms with van der Waals surface area (Å²) in [5.41, 5.74) is -0.852. The third-order valence-electron chi connectivity index (χ3n) is 3.39. The zero-order valence-corrected chi connectivity index (χ0v) is 10.9. The molecule has 1 fully saturated rings. The van der Waals surface area contributed by atoms with Gasteiger partial charge in [-0.3, -0.25) is 9.36 Å². The number of alkyl halides is 3. The molecule has 0 unspecified atom stereocenters. The first-order valence-corrected chi connectivity index (χ1v) is 6.29. The quantitative estimate of drug-likeness (QED) is 0.879. The molecule has 1 aromatic heterocycles. The lowest BCUT2D eigenvalue weighted by Gasteiger charge is -2.23. The molecule has 1 aliphatic carbocycles. The summed E-state index contributed by atoms with van der Waals surface area (Å²) >= 11 is 0. The average Bonchev–Trinajstić information content (AvgIpc) is 2.54. The van der Waals surface area contributed by atoms with Crippen LogP contribution in [-0.2, 0) is 24.6 Å². The predicted molar refractivity (Wildman–Crippen MR) is 62.8 cm³/mol. The summed E-state index contributed by atoms with van der Waals surface area (Å²) in [4.78, 5) is 23.1. The monoisotopic (exact) mass is 292 g/mol. The number of halogens is 3. The van der Waals surface area contributed by atoms with E-state index in [-0.39, 0.29) is 24.9 Å². The lowest BCUT2D eigenvalue weighted by Crippen LogP contribution is -2.37. The number of carbonyl (C=O) groups excluding carboxylic acids is 1. The maximum Gasteiger partial charge on any atom is 0.451 e. The van der Waals surface area contributed by atoms with E-state index in [1.54, 1.807) is 0 Å². The van der Waals surface area contributed by atoms with Crippen molar-refractivity contribution in [2.45, 2.75) is 32.0 Å². The van der Waals surface area contributed by atoms with Crippen LogP contribution in [0, 0.1) is 5.92 Å². The number of amides is 1. The van der Waals surface area contributed by atoms with Gasteiger partial charge in [0.25, 0.3) is 0 Å². The van der Waals surface area contributed by atoms with E-state index in [2.05, 4.69) is 10.4 Å². The number of hydrogen-bond donors (Lipinski definition) is 1. The van der Waals surface area contributed by atoms with Gasteiger partial charge < -0.3 is 5.32 Å². The minimum Gasteiger partial charge on any atom is -0.354 e. The molecule has 9 heteroatoms. The molecule has 1 aliphatic rings. The smallest absolute Gasteiger partial charge is 0.354 e. The molecule has 0 radical (unpaired) electrons. The number of hydrogen-bond acceptors (Lipinski definition) is 3. The van der Waals surface area contributed by atoms with Crippen molar-refractivity contribution < 1.29 is 18.0 Å². The minimum atomic E-state index is -4.67. The average molecular weight is 292 g/mol. The van der Waals surface area contributed by atoms with E-state index < -0.39 is 17.7 Å². The van der Waals surface area contributed by atoms with Crippen LogP contribution in [0.5, 0.6) is 0 Å². The molecule has 1 heterocycles. The first kappa shape index (κ1) is 14.6. The predicted octanol–water partition coefficient (Wildman–Crippen LogP) is 0.517. The summed E-state index contributed by atoms with van der Waals surface area (Å²) in [5, 5.41) is 5.85. The van der Waals surface area contributed by atoms with E-state index in [0.29, 0.717) is 9.25 Å². The SMILES string of the molecule is Cn1c(C(F)(F)F)nn(CCNC(=O)C2CCC2)c1=O. The summed E-state index contributed by atoms with van der Waals surface area (Å²) in [7, 11) is 1.02. The third kappa shape index (κ3) is 2.86. The maximum absolute atomic E-state index is 12.5. The van der Waals surface area contributed by atoms with Gasteiger partial charge in [-0.2, -0.15) is 13.2 Å². The highest BCUT2D eigenvalue weighted by atomic mass is 19.4. The number of carbonyl (C=O) groups is 1. The first-order valence-electron chi connectivity index (χ1n) is 6.29. The molecule has 1 aromatic rings. The van der Waals surface area contributed by atoms with E-state index in [9.17, 15) is 22.8 Å². The largest absolute Gasteiger partial charge is 0.451 e. The van der Waals surface area contributed by atoms with Gasteiger partial charge in [0.15, 0.2) is 0 Å². The van der Waals surface area contributed by atoms with Crippen molar-refractivity contribution >= 4 is 5.91 Å².